The third kappa shape index (κ3) is 16.2. The molecule has 0 saturated carbocycles. The molecule has 12 rings (SSSR count). The van der Waals surface area contributed by atoms with E-state index in [1.165, 1.54) is 5.56 Å². The van der Waals surface area contributed by atoms with Crippen LogP contribution < -0.4 is 5.73 Å². The molecule has 12 aromatic rings. The van der Waals surface area contributed by atoms with Gasteiger partial charge in [-0.2, -0.15) is 0 Å². The number of carbonyl (C=O) groups is 1. The molecular formula is C72H54N6OPt. The molecule has 3 heterocycles. The van der Waals surface area contributed by atoms with Gasteiger partial charge in [0.15, 0.2) is 6.29 Å². The molecule has 0 amide bonds. The normalized spacial score (nSPS) is 10.4. The first kappa shape index (κ1) is 56.1. The van der Waals surface area contributed by atoms with Crippen LogP contribution in [0.5, 0.6) is 0 Å². The number of benzene rings is 9. The van der Waals surface area contributed by atoms with E-state index in [1.807, 2.05) is 249 Å². The van der Waals surface area contributed by atoms with Crippen LogP contribution in [0.1, 0.15) is 21.9 Å². The maximum Gasteiger partial charge on any atom is 2.00 e. The van der Waals surface area contributed by atoms with Gasteiger partial charge < -0.3 is 5.73 Å². The first-order valence-corrected chi connectivity index (χ1v) is 25.7. The topological polar surface area (TPSA) is 106 Å². The molecular weight excluding hydrogens is 1160 g/mol. The molecule has 8 heteroatoms. The van der Waals surface area contributed by atoms with Crippen LogP contribution in [0.2, 0.25) is 0 Å². The number of aldehydes is 1. The van der Waals surface area contributed by atoms with Crippen LogP contribution in [0.25, 0.3) is 67.2 Å². The Morgan fingerprint density at radius 3 is 1.20 bits per heavy atom. The van der Waals surface area contributed by atoms with Crippen molar-refractivity contribution in [2.45, 2.75) is 0 Å². The van der Waals surface area contributed by atoms with E-state index in [2.05, 4.69) is 75.6 Å². The van der Waals surface area contributed by atoms with Crippen LogP contribution >= 0.6 is 0 Å². The SMILES string of the molecule is C(=Nc1ccccc1-c1ccccc1)c1cccc(-c2ccccc2)n1.Nc1ccccc1-c1ccccc1.O=Cc1cccc(-c2ccccc2)n1.[Pt+2].[c-]1ccccc1-c1cccc(C=Nc2ccccc2-c2[c-]cccc2)n1. The Kier molecular flexibility index (Phi) is 21.1. The molecule has 0 aliphatic rings. The smallest absolute Gasteiger partial charge is 0.398 e. The van der Waals surface area contributed by atoms with Crippen molar-refractivity contribution in [3.63, 3.8) is 0 Å². The van der Waals surface area contributed by atoms with E-state index >= 15 is 0 Å². The molecule has 0 fully saturated rings. The van der Waals surface area contributed by atoms with Crippen LogP contribution in [0, 0.1) is 12.1 Å². The van der Waals surface area contributed by atoms with Gasteiger partial charge in [0.25, 0.3) is 0 Å². The van der Waals surface area contributed by atoms with Crippen LogP contribution in [0.3, 0.4) is 0 Å². The minimum Gasteiger partial charge on any atom is -0.398 e. The molecule has 0 aliphatic carbocycles. The predicted octanol–water partition coefficient (Wildman–Crippen LogP) is 17.4. The summed E-state index contributed by atoms with van der Waals surface area (Å²) in [4.78, 5) is 33.5. The number of carbonyl (C=O) groups excluding carboxylic acids is 1. The number of nitrogens with zero attached hydrogens (tertiary/aromatic N) is 5. The van der Waals surface area contributed by atoms with Gasteiger partial charge in [-0.25, -0.2) is 9.97 Å². The molecule has 3 aromatic heterocycles. The minimum absolute atomic E-state index is 0. The minimum atomic E-state index is 0. The van der Waals surface area contributed by atoms with Crippen molar-refractivity contribution in [3.8, 4) is 67.2 Å². The Morgan fingerprint density at radius 2 is 0.700 bits per heavy atom. The van der Waals surface area contributed by atoms with E-state index in [1.54, 1.807) is 12.3 Å². The van der Waals surface area contributed by atoms with Crippen LogP contribution in [0.15, 0.2) is 307 Å². The average molecular weight is 1210 g/mol. The summed E-state index contributed by atoms with van der Waals surface area (Å²) >= 11 is 0. The number of aromatic nitrogens is 3. The van der Waals surface area contributed by atoms with Gasteiger partial charge in [0.1, 0.15) is 5.69 Å². The molecule has 2 N–H and O–H groups in total. The summed E-state index contributed by atoms with van der Waals surface area (Å²) in [5, 5.41) is 0. The molecule has 0 spiro atoms. The average Bonchev–Trinajstić information content (AvgIpc) is 3.57. The van der Waals surface area contributed by atoms with Crippen molar-refractivity contribution in [2.75, 3.05) is 5.73 Å². The maximum absolute atomic E-state index is 10.5. The fraction of sp³-hybridized carbons (Fsp3) is 0. The maximum atomic E-state index is 10.5. The van der Waals surface area contributed by atoms with Gasteiger partial charge >= 0.3 is 21.1 Å². The van der Waals surface area contributed by atoms with E-state index in [9.17, 15) is 4.79 Å². The van der Waals surface area contributed by atoms with E-state index in [0.29, 0.717) is 5.69 Å². The number of nitrogens with two attached hydrogens (primary N) is 1. The van der Waals surface area contributed by atoms with E-state index < -0.39 is 0 Å². The molecule has 0 saturated heterocycles. The van der Waals surface area contributed by atoms with Gasteiger partial charge in [-0.3, -0.25) is 19.8 Å². The van der Waals surface area contributed by atoms with E-state index in [4.69, 9.17) is 15.7 Å². The van der Waals surface area contributed by atoms with Gasteiger partial charge in [0.05, 0.1) is 40.9 Å². The number of anilines is 1. The van der Waals surface area contributed by atoms with Gasteiger partial charge in [0, 0.05) is 33.6 Å². The fourth-order valence-electron chi connectivity index (χ4n) is 8.28. The number of hydrogen-bond acceptors (Lipinski definition) is 7. The first-order valence-electron chi connectivity index (χ1n) is 25.7. The van der Waals surface area contributed by atoms with Crippen LogP contribution in [-0.4, -0.2) is 33.7 Å². The van der Waals surface area contributed by atoms with Crippen LogP contribution in [0.4, 0.5) is 17.1 Å². The molecule has 9 aromatic carbocycles. The fourth-order valence-corrected chi connectivity index (χ4v) is 8.28. The van der Waals surface area contributed by atoms with Crippen molar-refractivity contribution in [2.24, 2.45) is 9.98 Å². The Morgan fingerprint density at radius 1 is 0.325 bits per heavy atom. The number of hydrogen-bond donors (Lipinski definition) is 1. The molecule has 0 bridgehead atoms. The third-order valence-electron chi connectivity index (χ3n) is 12.2. The number of para-hydroxylation sites is 3. The molecule has 0 radical (unpaired) electrons. The summed E-state index contributed by atoms with van der Waals surface area (Å²) in [7, 11) is 0. The summed E-state index contributed by atoms with van der Waals surface area (Å²) in [6.45, 7) is 0. The number of pyridine rings is 3. The second-order valence-electron chi connectivity index (χ2n) is 17.6. The largest absolute Gasteiger partial charge is 2.00 e. The van der Waals surface area contributed by atoms with Gasteiger partial charge in [-0.1, -0.05) is 206 Å². The molecule has 7 nitrogen and oxygen atoms in total. The van der Waals surface area contributed by atoms with E-state index in [0.717, 1.165) is 96.3 Å². The predicted molar refractivity (Wildman–Crippen MR) is 327 cm³/mol. The standard InChI is InChI=1S/C24H18N2.C24H16N2.C12H9NO.C12H11N.Pt/c2*1-3-10-19(11-4-1)22-15-7-8-16-24(22)25-18-21-14-9-17-23(26-21)20-12-5-2-6-13-20;14-9-11-7-4-8-12(13-11)10-5-2-1-3-6-10;13-12-9-5-4-8-11(12)10-6-2-1-3-7-10;/h1-18H;1-10,12,14-18H;1-9H;1-9H,13H2;/q;-2;;;+2. The first-order chi connectivity index (χ1) is 39.1. The molecule has 80 heavy (non-hydrogen) atoms. The quantitative estimate of drug-likeness (QED) is 0.0601. The Hall–Kier alpha value is -10.1. The Balaban J connectivity index is 0.000000146. The zero-order chi connectivity index (χ0) is 54.1. The summed E-state index contributed by atoms with van der Waals surface area (Å²) in [5.41, 5.74) is 23.0. The van der Waals surface area contributed by atoms with Crippen molar-refractivity contribution < 1.29 is 25.9 Å². The number of rotatable bonds is 11. The summed E-state index contributed by atoms with van der Waals surface area (Å²) in [5.74, 6) is 0. The number of nitrogen functional groups attached to an aromatic ring is 1. The van der Waals surface area contributed by atoms with Crippen LogP contribution in [-0.2, 0) is 21.1 Å². The van der Waals surface area contributed by atoms with Gasteiger partial charge in [-0.15, -0.1) is 71.8 Å². The summed E-state index contributed by atoms with van der Waals surface area (Å²) < 4.78 is 0. The van der Waals surface area contributed by atoms with E-state index in [-0.39, 0.29) is 21.1 Å². The van der Waals surface area contributed by atoms with Gasteiger partial charge in [-0.05, 0) is 65.4 Å². The Bertz CT molecular complexity index is 3690. The molecule has 0 aliphatic heterocycles. The van der Waals surface area contributed by atoms with Crippen molar-refractivity contribution >= 4 is 35.8 Å². The third-order valence-corrected chi connectivity index (χ3v) is 12.2. The number of aliphatic imine (C=N–C) groups is 2. The second-order valence-corrected chi connectivity index (χ2v) is 17.6. The van der Waals surface area contributed by atoms with Crippen molar-refractivity contribution in [3.05, 3.63) is 326 Å². The monoisotopic (exact) mass is 1210 g/mol. The van der Waals surface area contributed by atoms with Gasteiger partial charge in [0.2, 0.25) is 0 Å². The molecule has 388 valence electrons. The Labute approximate surface area is 483 Å². The second kappa shape index (κ2) is 30.0. The molecule has 0 atom stereocenters. The molecule has 0 unspecified atom stereocenters. The summed E-state index contributed by atoms with van der Waals surface area (Å²) in [6.07, 6.45) is 4.38. The zero-order valence-electron chi connectivity index (χ0n) is 43.6. The summed E-state index contributed by atoms with van der Waals surface area (Å²) in [6, 6.07) is 104. The van der Waals surface area contributed by atoms with Crippen molar-refractivity contribution in [1.82, 2.24) is 15.0 Å². The zero-order valence-corrected chi connectivity index (χ0v) is 45.8. The van der Waals surface area contributed by atoms with Crippen molar-refractivity contribution in [1.29, 1.82) is 0 Å².